The molecule has 0 N–H and O–H groups in total. The number of hydrogen-bond donors (Lipinski definition) is 0. The molecule has 0 aliphatic carbocycles. The van der Waals surface area contributed by atoms with Crippen LogP contribution in [0.15, 0.2) is 48.5 Å². The van der Waals surface area contributed by atoms with Crippen LogP contribution in [-0.4, -0.2) is 29.5 Å². The van der Waals surface area contributed by atoms with Gasteiger partial charge in [-0.2, -0.15) is 0 Å². The van der Waals surface area contributed by atoms with Gasteiger partial charge in [0.15, 0.2) is 0 Å². The Balaban J connectivity index is 0.00000289. The molecule has 0 atom stereocenters. The van der Waals surface area contributed by atoms with Crippen molar-refractivity contribution in [3.63, 3.8) is 0 Å². The zero-order chi connectivity index (χ0) is 22.2. The molecule has 0 saturated heterocycles. The van der Waals surface area contributed by atoms with Crippen molar-refractivity contribution in [2.45, 2.75) is 58.8 Å². The first-order chi connectivity index (χ1) is 14.8. The van der Waals surface area contributed by atoms with Crippen LogP contribution in [0.3, 0.4) is 0 Å². The Morgan fingerprint density at radius 1 is 0.719 bits per heavy atom. The first-order valence-corrected chi connectivity index (χ1v) is 10.7. The van der Waals surface area contributed by atoms with Crippen LogP contribution < -0.4 is 0 Å². The second-order valence-electron chi connectivity index (χ2n) is 8.92. The minimum Gasteiger partial charge on any atom is -0.343 e. The molecule has 0 amide bonds. The van der Waals surface area contributed by atoms with Gasteiger partial charge in [0.05, 0.1) is 11.6 Å². The van der Waals surface area contributed by atoms with E-state index in [0.717, 1.165) is 34.4 Å². The van der Waals surface area contributed by atoms with Crippen LogP contribution in [0, 0.1) is 12.4 Å². The molecule has 0 radical (unpaired) electrons. The fourth-order valence-electron chi connectivity index (χ4n) is 3.31. The van der Waals surface area contributed by atoms with Crippen molar-refractivity contribution in [2.24, 2.45) is 0 Å². The minimum absolute atomic E-state index is 0. The van der Waals surface area contributed by atoms with E-state index in [2.05, 4.69) is 64.1 Å². The van der Waals surface area contributed by atoms with Crippen molar-refractivity contribution in [1.82, 2.24) is 29.5 Å². The Labute approximate surface area is 204 Å². The summed E-state index contributed by atoms with van der Waals surface area (Å²) in [4.78, 5) is 9.78. The van der Waals surface area contributed by atoms with Crippen molar-refractivity contribution >= 4 is 0 Å². The normalized spacial score (nSPS) is 11.8. The van der Waals surface area contributed by atoms with Crippen LogP contribution in [0.25, 0.3) is 11.6 Å². The topological polar surface area (TPSA) is 61.4 Å². The third-order valence-electron chi connectivity index (χ3n) is 5.47. The summed E-state index contributed by atoms with van der Waals surface area (Å²) >= 11 is 0. The van der Waals surface area contributed by atoms with Crippen LogP contribution in [0.5, 0.6) is 0 Å². The molecule has 0 fully saturated rings. The maximum atomic E-state index is 4.89. The summed E-state index contributed by atoms with van der Waals surface area (Å²) in [7, 11) is 0. The Bertz CT molecular complexity index is 1100. The van der Waals surface area contributed by atoms with E-state index in [1.165, 1.54) is 0 Å². The summed E-state index contributed by atoms with van der Waals surface area (Å²) in [6, 6.07) is 15.8. The fourth-order valence-corrected chi connectivity index (χ4v) is 3.31. The molecule has 6 nitrogen and oxygen atoms in total. The molecule has 168 valence electrons. The number of aromatic nitrogens is 6. The Kier molecular flexibility index (Phi) is 7.14. The Morgan fingerprint density at radius 2 is 1.12 bits per heavy atom. The molecule has 7 heteroatoms. The molecule has 0 bridgehead atoms. The molecule has 32 heavy (non-hydrogen) atoms. The summed E-state index contributed by atoms with van der Waals surface area (Å²) in [6.07, 6.45) is 6.35. The second kappa shape index (κ2) is 9.50. The van der Waals surface area contributed by atoms with Crippen molar-refractivity contribution in [1.29, 1.82) is 0 Å². The van der Waals surface area contributed by atoms with Crippen molar-refractivity contribution in [3.8, 4) is 11.6 Å². The molecule has 0 aromatic carbocycles. The quantitative estimate of drug-likeness (QED) is 0.289. The molecular weight excluding hydrogens is 579 g/mol. The van der Waals surface area contributed by atoms with Gasteiger partial charge in [-0.05, 0) is 49.2 Å². The van der Waals surface area contributed by atoms with Gasteiger partial charge in [0.1, 0.15) is 0 Å². The Hall–Kier alpha value is -2.59. The van der Waals surface area contributed by atoms with Gasteiger partial charge in [-0.25, -0.2) is 0 Å². The van der Waals surface area contributed by atoms with E-state index in [-0.39, 0.29) is 21.1 Å². The van der Waals surface area contributed by atoms with Crippen LogP contribution in [-0.2, 0) is 26.5 Å². The largest absolute Gasteiger partial charge is 2.00 e. The molecule has 4 aromatic rings. The zero-order valence-corrected chi connectivity index (χ0v) is 21.5. The predicted molar refractivity (Wildman–Crippen MR) is 121 cm³/mol. The summed E-state index contributed by atoms with van der Waals surface area (Å²) in [5.74, 6) is 2.19. The number of pyridine rings is 2. The summed E-state index contributed by atoms with van der Waals surface area (Å²) in [6.45, 7) is 12.7. The van der Waals surface area contributed by atoms with E-state index in [1.54, 1.807) is 9.36 Å². The maximum absolute atomic E-state index is 4.89. The molecule has 0 saturated carbocycles. The first-order valence-electron chi connectivity index (χ1n) is 10.7. The molecule has 4 rings (SSSR count). The Morgan fingerprint density at radius 3 is 1.47 bits per heavy atom. The van der Waals surface area contributed by atoms with E-state index in [0.29, 0.717) is 11.8 Å². The van der Waals surface area contributed by atoms with Gasteiger partial charge < -0.3 is 9.36 Å². The summed E-state index contributed by atoms with van der Waals surface area (Å²) in [5, 5.41) is 9.23. The van der Waals surface area contributed by atoms with Crippen molar-refractivity contribution in [2.75, 3.05) is 0 Å². The van der Waals surface area contributed by atoms with E-state index in [1.807, 2.05) is 48.5 Å². The standard InChI is InChI=1S/C25H28N6.Pt/c1-17(2)19-13-15-30(28-19)23-11-7-9-21(26-23)25(5,6)22-10-8-12-24(27-22)31-16-14-20(29-31)18(3)4;/h7-14,17-18H,1-6H3;/q-2;+2. The van der Waals surface area contributed by atoms with Crippen LogP contribution >= 0.6 is 0 Å². The van der Waals surface area contributed by atoms with Crippen LogP contribution in [0.1, 0.15) is 76.2 Å². The van der Waals surface area contributed by atoms with Gasteiger partial charge in [0.25, 0.3) is 0 Å². The smallest absolute Gasteiger partial charge is 0.343 e. The third kappa shape index (κ3) is 4.75. The third-order valence-corrected chi connectivity index (χ3v) is 5.47. The van der Waals surface area contributed by atoms with Gasteiger partial charge in [0.2, 0.25) is 0 Å². The van der Waals surface area contributed by atoms with E-state index in [4.69, 9.17) is 9.97 Å². The van der Waals surface area contributed by atoms with Gasteiger partial charge in [-0.15, -0.1) is 12.1 Å². The average molecular weight is 608 g/mol. The summed E-state index contributed by atoms with van der Waals surface area (Å²) in [5.41, 5.74) is 3.41. The van der Waals surface area contributed by atoms with Gasteiger partial charge in [-0.3, -0.25) is 20.2 Å². The zero-order valence-electron chi connectivity index (χ0n) is 19.3. The molecule has 4 aromatic heterocycles. The maximum Gasteiger partial charge on any atom is 2.00 e. The van der Waals surface area contributed by atoms with E-state index < -0.39 is 5.41 Å². The van der Waals surface area contributed by atoms with Gasteiger partial charge >= 0.3 is 21.1 Å². The van der Waals surface area contributed by atoms with Crippen LogP contribution in [0.2, 0.25) is 0 Å². The van der Waals surface area contributed by atoms with Crippen molar-refractivity contribution < 1.29 is 21.1 Å². The van der Waals surface area contributed by atoms with Crippen molar-refractivity contribution in [3.05, 3.63) is 83.7 Å². The van der Waals surface area contributed by atoms with Gasteiger partial charge in [0, 0.05) is 16.8 Å². The van der Waals surface area contributed by atoms with E-state index in [9.17, 15) is 0 Å². The molecular formula is C25H28N6Pt. The predicted octanol–water partition coefficient (Wildman–Crippen LogP) is 5.02. The SMILES string of the molecule is CC(C)c1c[c-]n(-c2cccc(C(C)(C)c3cccc(-n4[c-]cc(C(C)C)n4)n3)n2)n1.[Pt+2]. The fraction of sp³-hybridized carbons (Fsp3) is 0.360. The first kappa shape index (κ1) is 24.1. The number of hydrogen-bond acceptors (Lipinski definition) is 4. The van der Waals surface area contributed by atoms with E-state index >= 15 is 0 Å². The monoisotopic (exact) mass is 607 g/mol. The number of rotatable bonds is 6. The molecule has 0 aliphatic rings. The van der Waals surface area contributed by atoms with Crippen LogP contribution in [0.4, 0.5) is 0 Å². The minimum atomic E-state index is -0.409. The molecule has 0 aliphatic heterocycles. The number of nitrogens with zero attached hydrogens (tertiary/aromatic N) is 6. The molecule has 4 heterocycles. The second-order valence-corrected chi connectivity index (χ2v) is 8.92. The molecule has 0 spiro atoms. The van der Waals surface area contributed by atoms with Gasteiger partial charge in [-0.1, -0.05) is 64.4 Å². The summed E-state index contributed by atoms with van der Waals surface area (Å²) < 4.78 is 3.43. The molecule has 0 unspecified atom stereocenters. The average Bonchev–Trinajstić information content (AvgIpc) is 3.44.